The van der Waals surface area contributed by atoms with E-state index < -0.39 is 0 Å². The van der Waals surface area contributed by atoms with Crippen LogP contribution in [-0.4, -0.2) is 15.9 Å². The Kier molecular flexibility index (Phi) is 6.22. The van der Waals surface area contributed by atoms with Crippen LogP contribution in [0.25, 0.3) is 0 Å². The largest absolute Gasteiger partial charge is 0.347 e. The molecule has 29 heavy (non-hydrogen) atoms. The molecule has 0 bridgehead atoms. The van der Waals surface area contributed by atoms with Crippen molar-refractivity contribution in [3.05, 3.63) is 82.4 Å². The van der Waals surface area contributed by atoms with E-state index in [1.807, 2.05) is 26.0 Å². The van der Waals surface area contributed by atoms with Gasteiger partial charge in [0.25, 0.3) is 5.91 Å². The average Bonchev–Trinajstić information content (AvgIpc) is 2.68. The number of benzene rings is 2. The van der Waals surface area contributed by atoms with Gasteiger partial charge in [-0.2, -0.15) is 0 Å². The maximum atomic E-state index is 13.8. The number of nitrogens with one attached hydrogen (secondary N) is 2. The predicted octanol–water partition coefficient (Wildman–Crippen LogP) is 5.03. The molecule has 0 saturated heterocycles. The number of anilines is 2. The number of amides is 1. The molecule has 0 spiro atoms. The lowest BCUT2D eigenvalue weighted by Gasteiger charge is -2.17. The summed E-state index contributed by atoms with van der Waals surface area (Å²) in [6, 6.07) is 14.1. The van der Waals surface area contributed by atoms with Gasteiger partial charge in [-0.1, -0.05) is 50.2 Å². The first kappa shape index (κ1) is 20.5. The van der Waals surface area contributed by atoms with E-state index in [4.69, 9.17) is 0 Å². The molecule has 0 unspecified atom stereocenters. The van der Waals surface area contributed by atoms with Gasteiger partial charge in [-0.05, 0) is 43.0 Å². The van der Waals surface area contributed by atoms with E-state index in [2.05, 4.69) is 40.5 Å². The van der Waals surface area contributed by atoms with Crippen LogP contribution in [0.15, 0.2) is 48.5 Å². The van der Waals surface area contributed by atoms with Gasteiger partial charge in [-0.3, -0.25) is 4.79 Å². The van der Waals surface area contributed by atoms with E-state index in [1.54, 1.807) is 24.3 Å². The van der Waals surface area contributed by atoms with Crippen molar-refractivity contribution in [2.75, 3.05) is 5.32 Å². The van der Waals surface area contributed by atoms with Crippen LogP contribution >= 0.6 is 0 Å². The standard InChI is InChI=1S/C23H25FN4O/c1-14(2)18-10-7-8-15(3)21(18)28-23-26-16(4)12-20(27-23)22(29)25-13-17-9-5-6-11-19(17)24/h5-12,14H,13H2,1-4H3,(H,25,29)(H,26,27,28). The zero-order valence-electron chi connectivity index (χ0n) is 17.1. The fraction of sp³-hybridized carbons (Fsp3) is 0.261. The second kappa shape index (κ2) is 8.82. The fourth-order valence-corrected chi connectivity index (χ4v) is 3.10. The van der Waals surface area contributed by atoms with Crippen molar-refractivity contribution in [2.45, 2.75) is 40.2 Å². The molecule has 1 aromatic heterocycles. The number of hydrogen-bond acceptors (Lipinski definition) is 4. The van der Waals surface area contributed by atoms with Gasteiger partial charge in [0, 0.05) is 23.5 Å². The van der Waals surface area contributed by atoms with E-state index in [0.717, 1.165) is 16.8 Å². The van der Waals surface area contributed by atoms with E-state index in [9.17, 15) is 9.18 Å². The summed E-state index contributed by atoms with van der Waals surface area (Å²) >= 11 is 0. The summed E-state index contributed by atoms with van der Waals surface area (Å²) in [7, 11) is 0. The molecule has 0 fully saturated rings. The Balaban J connectivity index is 1.82. The highest BCUT2D eigenvalue weighted by molar-refractivity contribution is 5.92. The van der Waals surface area contributed by atoms with Crippen LogP contribution < -0.4 is 10.6 Å². The van der Waals surface area contributed by atoms with Gasteiger partial charge < -0.3 is 10.6 Å². The normalized spacial score (nSPS) is 10.8. The molecule has 0 atom stereocenters. The first-order chi connectivity index (χ1) is 13.8. The fourth-order valence-electron chi connectivity index (χ4n) is 3.10. The summed E-state index contributed by atoms with van der Waals surface area (Å²) < 4.78 is 13.8. The third-order valence-electron chi connectivity index (χ3n) is 4.65. The van der Waals surface area contributed by atoms with E-state index in [0.29, 0.717) is 23.1 Å². The van der Waals surface area contributed by atoms with Gasteiger partial charge in [0.1, 0.15) is 11.5 Å². The van der Waals surface area contributed by atoms with Crippen LogP contribution in [-0.2, 0) is 6.54 Å². The smallest absolute Gasteiger partial charge is 0.270 e. The molecule has 2 N–H and O–H groups in total. The molecule has 1 amide bonds. The molecule has 1 heterocycles. The summed E-state index contributed by atoms with van der Waals surface area (Å²) in [6.07, 6.45) is 0. The number of carbonyl (C=O) groups excluding carboxylic acids is 1. The first-order valence-corrected chi connectivity index (χ1v) is 9.59. The zero-order chi connectivity index (χ0) is 21.0. The van der Waals surface area contributed by atoms with E-state index >= 15 is 0 Å². The molecule has 6 heteroatoms. The van der Waals surface area contributed by atoms with Gasteiger partial charge in [-0.15, -0.1) is 0 Å². The lowest BCUT2D eigenvalue weighted by atomic mass is 9.98. The molecule has 0 radical (unpaired) electrons. The minimum absolute atomic E-state index is 0.0899. The van der Waals surface area contributed by atoms with Crippen molar-refractivity contribution in [1.82, 2.24) is 15.3 Å². The van der Waals surface area contributed by atoms with Crippen LogP contribution in [0.4, 0.5) is 16.0 Å². The SMILES string of the molecule is Cc1cc(C(=O)NCc2ccccc2F)nc(Nc2c(C)cccc2C(C)C)n1. The quantitative estimate of drug-likeness (QED) is 0.617. The van der Waals surface area contributed by atoms with Crippen molar-refractivity contribution in [2.24, 2.45) is 0 Å². The van der Waals surface area contributed by atoms with Gasteiger partial charge in [0.15, 0.2) is 0 Å². The van der Waals surface area contributed by atoms with Gasteiger partial charge in [-0.25, -0.2) is 14.4 Å². The Morgan fingerprint density at radius 1 is 1.07 bits per heavy atom. The van der Waals surface area contributed by atoms with Crippen LogP contribution in [0.3, 0.4) is 0 Å². The Morgan fingerprint density at radius 3 is 2.55 bits per heavy atom. The van der Waals surface area contributed by atoms with Crippen molar-refractivity contribution in [1.29, 1.82) is 0 Å². The molecule has 0 aliphatic carbocycles. The van der Waals surface area contributed by atoms with Crippen LogP contribution in [0.2, 0.25) is 0 Å². The Hall–Kier alpha value is -3.28. The van der Waals surface area contributed by atoms with Crippen molar-refractivity contribution >= 4 is 17.5 Å². The lowest BCUT2D eigenvalue weighted by Crippen LogP contribution is -2.25. The minimum Gasteiger partial charge on any atom is -0.347 e. The highest BCUT2D eigenvalue weighted by atomic mass is 19.1. The summed E-state index contributed by atoms with van der Waals surface area (Å²) in [5.41, 5.74) is 4.50. The summed E-state index contributed by atoms with van der Waals surface area (Å²) in [5.74, 6) is -0.0477. The number of para-hydroxylation sites is 1. The molecule has 0 aliphatic heterocycles. The first-order valence-electron chi connectivity index (χ1n) is 9.59. The molecule has 2 aromatic carbocycles. The third kappa shape index (κ3) is 4.96. The molecular weight excluding hydrogens is 367 g/mol. The Morgan fingerprint density at radius 2 is 1.83 bits per heavy atom. The van der Waals surface area contributed by atoms with Gasteiger partial charge >= 0.3 is 0 Å². The van der Waals surface area contributed by atoms with Gasteiger partial charge in [0.05, 0.1) is 0 Å². The van der Waals surface area contributed by atoms with E-state index in [-0.39, 0.29) is 24.0 Å². The second-order valence-electron chi connectivity index (χ2n) is 7.31. The number of hydrogen-bond donors (Lipinski definition) is 2. The predicted molar refractivity (Wildman–Crippen MR) is 113 cm³/mol. The zero-order valence-corrected chi connectivity index (χ0v) is 17.1. The summed E-state index contributed by atoms with van der Waals surface area (Å²) in [4.78, 5) is 21.4. The topological polar surface area (TPSA) is 66.9 Å². The highest BCUT2D eigenvalue weighted by Crippen LogP contribution is 2.29. The average molecular weight is 392 g/mol. The molecule has 5 nitrogen and oxygen atoms in total. The van der Waals surface area contributed by atoms with Crippen LogP contribution in [0.5, 0.6) is 0 Å². The van der Waals surface area contributed by atoms with Gasteiger partial charge in [0.2, 0.25) is 5.95 Å². The molecule has 150 valence electrons. The molecule has 3 rings (SSSR count). The van der Waals surface area contributed by atoms with Crippen molar-refractivity contribution in [3.8, 4) is 0 Å². The van der Waals surface area contributed by atoms with E-state index in [1.165, 1.54) is 6.07 Å². The number of nitrogens with zero attached hydrogens (tertiary/aromatic N) is 2. The Labute approximate surface area is 170 Å². The van der Waals surface area contributed by atoms with Crippen LogP contribution in [0, 0.1) is 19.7 Å². The number of rotatable bonds is 6. The second-order valence-corrected chi connectivity index (χ2v) is 7.31. The number of carbonyl (C=O) groups is 1. The highest BCUT2D eigenvalue weighted by Gasteiger charge is 2.14. The molecular formula is C23H25FN4O. The summed E-state index contributed by atoms with van der Waals surface area (Å²) in [5, 5.41) is 6.00. The molecule has 0 aliphatic rings. The minimum atomic E-state index is -0.379. The Bertz CT molecular complexity index is 1030. The maximum Gasteiger partial charge on any atom is 0.270 e. The van der Waals surface area contributed by atoms with Crippen molar-refractivity contribution < 1.29 is 9.18 Å². The number of halogens is 1. The number of aromatic nitrogens is 2. The maximum absolute atomic E-state index is 13.8. The third-order valence-corrected chi connectivity index (χ3v) is 4.65. The number of aryl methyl sites for hydroxylation is 2. The lowest BCUT2D eigenvalue weighted by molar-refractivity contribution is 0.0945. The summed E-state index contributed by atoms with van der Waals surface area (Å²) in [6.45, 7) is 8.16. The monoisotopic (exact) mass is 392 g/mol. The molecule has 0 saturated carbocycles. The van der Waals surface area contributed by atoms with Crippen molar-refractivity contribution in [3.63, 3.8) is 0 Å². The van der Waals surface area contributed by atoms with Crippen LogP contribution in [0.1, 0.15) is 52.6 Å². The molecule has 3 aromatic rings.